The van der Waals surface area contributed by atoms with Crippen LogP contribution in [0.2, 0.25) is 0 Å². The molecular formula is C19H16ClFN4O2. The topological polar surface area (TPSA) is 84.0 Å². The standard InChI is InChI=1S/C19H16ClFN4O2/c20-9-18(26)24-10-12-1-2-14(15(21)7-12)11-25-19(27)13-3-4-16-17(8-13)23-6-5-22-16/h1-8H,9-11H2,(H,24,26)(H,25,27). The summed E-state index contributed by atoms with van der Waals surface area (Å²) in [4.78, 5) is 31.8. The number of hydrogen-bond acceptors (Lipinski definition) is 4. The van der Waals surface area contributed by atoms with Crippen LogP contribution < -0.4 is 10.6 Å². The number of halogens is 2. The van der Waals surface area contributed by atoms with Crippen LogP contribution in [-0.2, 0) is 17.9 Å². The maximum Gasteiger partial charge on any atom is 0.251 e. The van der Waals surface area contributed by atoms with Crippen molar-refractivity contribution < 1.29 is 14.0 Å². The van der Waals surface area contributed by atoms with Crippen LogP contribution in [0, 0.1) is 5.82 Å². The lowest BCUT2D eigenvalue weighted by molar-refractivity contribution is -0.118. The first-order chi connectivity index (χ1) is 13.1. The molecule has 6 nitrogen and oxygen atoms in total. The van der Waals surface area contributed by atoms with E-state index in [4.69, 9.17) is 11.6 Å². The van der Waals surface area contributed by atoms with Crippen molar-refractivity contribution in [3.8, 4) is 0 Å². The van der Waals surface area contributed by atoms with Gasteiger partial charge in [0, 0.05) is 36.6 Å². The van der Waals surface area contributed by atoms with Crippen LogP contribution in [0.1, 0.15) is 21.5 Å². The van der Waals surface area contributed by atoms with Crippen molar-refractivity contribution in [3.05, 3.63) is 71.3 Å². The third-order valence-corrected chi connectivity index (χ3v) is 4.14. The average Bonchev–Trinajstić information content (AvgIpc) is 2.70. The van der Waals surface area contributed by atoms with Crippen molar-refractivity contribution in [1.29, 1.82) is 0 Å². The molecule has 0 fully saturated rings. The Morgan fingerprint density at radius 2 is 1.74 bits per heavy atom. The molecule has 0 radical (unpaired) electrons. The summed E-state index contributed by atoms with van der Waals surface area (Å²) >= 11 is 5.39. The van der Waals surface area contributed by atoms with Gasteiger partial charge in [0.25, 0.3) is 5.91 Å². The van der Waals surface area contributed by atoms with Gasteiger partial charge >= 0.3 is 0 Å². The molecule has 3 aromatic rings. The maximum absolute atomic E-state index is 14.2. The lowest BCUT2D eigenvalue weighted by Crippen LogP contribution is -2.24. The Bertz CT molecular complexity index is 996. The number of carbonyl (C=O) groups excluding carboxylic acids is 2. The van der Waals surface area contributed by atoms with Gasteiger partial charge in [-0.3, -0.25) is 19.6 Å². The van der Waals surface area contributed by atoms with Gasteiger partial charge in [0.1, 0.15) is 11.7 Å². The monoisotopic (exact) mass is 386 g/mol. The number of benzene rings is 2. The molecule has 0 aliphatic heterocycles. The molecule has 0 unspecified atom stereocenters. The van der Waals surface area contributed by atoms with E-state index in [1.54, 1.807) is 42.7 Å². The zero-order chi connectivity index (χ0) is 19.2. The lowest BCUT2D eigenvalue weighted by atomic mass is 10.1. The largest absolute Gasteiger partial charge is 0.351 e. The summed E-state index contributed by atoms with van der Waals surface area (Å²) in [6.07, 6.45) is 3.13. The van der Waals surface area contributed by atoms with Crippen LogP contribution in [0.4, 0.5) is 4.39 Å². The molecule has 2 amide bonds. The van der Waals surface area contributed by atoms with E-state index in [1.807, 2.05) is 0 Å². The number of rotatable bonds is 6. The van der Waals surface area contributed by atoms with Crippen LogP contribution in [-0.4, -0.2) is 27.7 Å². The molecule has 0 saturated carbocycles. The molecule has 0 aliphatic rings. The fourth-order valence-corrected chi connectivity index (χ4v) is 2.57. The van der Waals surface area contributed by atoms with E-state index in [0.29, 0.717) is 27.7 Å². The van der Waals surface area contributed by atoms with Gasteiger partial charge in [-0.15, -0.1) is 11.6 Å². The number of alkyl halides is 1. The molecule has 3 rings (SSSR count). The molecule has 2 aromatic carbocycles. The van der Waals surface area contributed by atoms with Gasteiger partial charge in [0.2, 0.25) is 5.91 Å². The van der Waals surface area contributed by atoms with Gasteiger partial charge < -0.3 is 10.6 Å². The molecule has 0 bridgehead atoms. The van der Waals surface area contributed by atoms with Gasteiger partial charge in [-0.05, 0) is 29.8 Å². The Morgan fingerprint density at radius 3 is 2.48 bits per heavy atom. The Morgan fingerprint density at radius 1 is 0.963 bits per heavy atom. The molecule has 1 aromatic heterocycles. The molecule has 27 heavy (non-hydrogen) atoms. The summed E-state index contributed by atoms with van der Waals surface area (Å²) < 4.78 is 14.2. The Labute approximate surface area is 159 Å². The number of carbonyl (C=O) groups is 2. The van der Waals surface area contributed by atoms with Crippen molar-refractivity contribution >= 4 is 34.4 Å². The number of nitrogens with one attached hydrogen (secondary N) is 2. The summed E-state index contributed by atoms with van der Waals surface area (Å²) in [6.45, 7) is 0.227. The van der Waals surface area contributed by atoms with Gasteiger partial charge in [-0.2, -0.15) is 0 Å². The number of aromatic nitrogens is 2. The number of hydrogen-bond donors (Lipinski definition) is 2. The van der Waals surface area contributed by atoms with Crippen LogP contribution >= 0.6 is 11.6 Å². The van der Waals surface area contributed by atoms with Crippen molar-refractivity contribution in [2.24, 2.45) is 0 Å². The second kappa shape index (κ2) is 8.55. The molecule has 2 N–H and O–H groups in total. The van der Waals surface area contributed by atoms with Crippen LogP contribution in [0.5, 0.6) is 0 Å². The van der Waals surface area contributed by atoms with E-state index in [9.17, 15) is 14.0 Å². The maximum atomic E-state index is 14.2. The third kappa shape index (κ3) is 4.77. The predicted octanol–water partition coefficient (Wildman–Crippen LogP) is 2.55. The van der Waals surface area contributed by atoms with Crippen LogP contribution in [0.15, 0.2) is 48.8 Å². The fourth-order valence-electron chi connectivity index (χ4n) is 2.47. The molecule has 0 spiro atoms. The van der Waals surface area contributed by atoms with Crippen LogP contribution in [0.3, 0.4) is 0 Å². The van der Waals surface area contributed by atoms with E-state index in [2.05, 4.69) is 20.6 Å². The molecule has 138 valence electrons. The normalized spacial score (nSPS) is 10.6. The van der Waals surface area contributed by atoms with E-state index < -0.39 is 5.82 Å². The summed E-state index contributed by atoms with van der Waals surface area (Å²) in [5, 5.41) is 5.25. The average molecular weight is 387 g/mol. The highest BCUT2D eigenvalue weighted by molar-refractivity contribution is 6.27. The van der Waals surface area contributed by atoms with Crippen molar-refractivity contribution in [1.82, 2.24) is 20.6 Å². The second-order valence-corrected chi connectivity index (χ2v) is 6.05. The lowest BCUT2D eigenvalue weighted by Gasteiger charge is -2.09. The zero-order valence-electron chi connectivity index (χ0n) is 14.2. The molecule has 0 aliphatic carbocycles. The predicted molar refractivity (Wildman–Crippen MR) is 99.7 cm³/mol. The minimum atomic E-state index is -0.461. The van der Waals surface area contributed by atoms with E-state index in [1.165, 1.54) is 6.07 Å². The Balaban J connectivity index is 1.63. The molecule has 8 heteroatoms. The minimum absolute atomic E-state index is 0.0392. The first-order valence-corrected chi connectivity index (χ1v) is 8.69. The zero-order valence-corrected chi connectivity index (χ0v) is 15.0. The summed E-state index contributed by atoms with van der Waals surface area (Å²) in [6, 6.07) is 9.57. The number of amides is 2. The SMILES string of the molecule is O=C(CCl)NCc1ccc(CNC(=O)c2ccc3nccnc3c2)c(F)c1. The summed E-state index contributed by atoms with van der Waals surface area (Å²) in [5.41, 5.74) is 2.67. The fraction of sp³-hybridized carbons (Fsp3) is 0.158. The van der Waals surface area contributed by atoms with E-state index in [-0.39, 0.29) is 30.8 Å². The first kappa shape index (κ1) is 18.7. The second-order valence-electron chi connectivity index (χ2n) is 5.78. The Kier molecular flexibility index (Phi) is 5.93. The van der Waals surface area contributed by atoms with E-state index >= 15 is 0 Å². The van der Waals surface area contributed by atoms with Crippen LogP contribution in [0.25, 0.3) is 11.0 Å². The van der Waals surface area contributed by atoms with Crippen molar-refractivity contribution in [3.63, 3.8) is 0 Å². The van der Waals surface area contributed by atoms with Crippen molar-refractivity contribution in [2.75, 3.05) is 5.88 Å². The molecule has 1 heterocycles. The number of nitrogens with zero attached hydrogens (tertiary/aromatic N) is 2. The third-order valence-electron chi connectivity index (χ3n) is 3.90. The first-order valence-electron chi connectivity index (χ1n) is 8.16. The van der Waals surface area contributed by atoms with Gasteiger partial charge in [0.15, 0.2) is 0 Å². The smallest absolute Gasteiger partial charge is 0.251 e. The molecule has 0 saturated heterocycles. The highest BCUT2D eigenvalue weighted by atomic mass is 35.5. The van der Waals surface area contributed by atoms with Gasteiger partial charge in [-0.25, -0.2) is 4.39 Å². The molecule has 0 atom stereocenters. The van der Waals surface area contributed by atoms with Gasteiger partial charge in [-0.1, -0.05) is 12.1 Å². The molecular weight excluding hydrogens is 371 g/mol. The van der Waals surface area contributed by atoms with Gasteiger partial charge in [0.05, 0.1) is 11.0 Å². The highest BCUT2D eigenvalue weighted by Crippen LogP contribution is 2.13. The quantitative estimate of drug-likeness (QED) is 0.638. The number of fused-ring (bicyclic) bond motifs is 1. The summed E-state index contributed by atoms with van der Waals surface area (Å²) in [7, 11) is 0. The Hall–Kier alpha value is -3.06. The summed E-state index contributed by atoms with van der Waals surface area (Å²) in [5.74, 6) is -1.27. The highest BCUT2D eigenvalue weighted by Gasteiger charge is 2.10. The minimum Gasteiger partial charge on any atom is -0.351 e. The van der Waals surface area contributed by atoms with E-state index in [0.717, 1.165) is 0 Å². The van der Waals surface area contributed by atoms with Crippen molar-refractivity contribution in [2.45, 2.75) is 13.1 Å².